The van der Waals surface area contributed by atoms with Gasteiger partial charge in [-0.15, -0.1) is 0 Å². The summed E-state index contributed by atoms with van der Waals surface area (Å²) in [7, 11) is 1.39. The van der Waals surface area contributed by atoms with Gasteiger partial charge >= 0.3 is 5.97 Å². The Morgan fingerprint density at radius 3 is 3.06 bits per heavy atom. The van der Waals surface area contributed by atoms with E-state index in [1.54, 1.807) is 12.3 Å². The standard InChI is InChI=1S/C13H17BrN2O2/c1-9-4-3-5-16(8-9)12-11(13(17)18-2)6-10(14)7-15-12/h6-7,9H,3-5,8H2,1-2H3. The summed E-state index contributed by atoms with van der Waals surface area (Å²) in [4.78, 5) is 18.4. The van der Waals surface area contributed by atoms with Crippen LogP contribution in [0.1, 0.15) is 30.1 Å². The molecule has 0 spiro atoms. The summed E-state index contributed by atoms with van der Waals surface area (Å²) in [5.74, 6) is 1.03. The number of methoxy groups -OCH3 is 1. The number of nitrogens with zero attached hydrogens (tertiary/aromatic N) is 2. The van der Waals surface area contributed by atoms with Gasteiger partial charge in [0.25, 0.3) is 0 Å². The van der Waals surface area contributed by atoms with Gasteiger partial charge in [0.1, 0.15) is 11.4 Å². The summed E-state index contributed by atoms with van der Waals surface area (Å²) in [6.07, 6.45) is 4.10. The maximum absolute atomic E-state index is 11.8. The van der Waals surface area contributed by atoms with E-state index in [1.807, 2.05) is 0 Å². The van der Waals surface area contributed by atoms with Crippen molar-refractivity contribution >= 4 is 27.7 Å². The maximum Gasteiger partial charge on any atom is 0.341 e. The molecular weight excluding hydrogens is 296 g/mol. The van der Waals surface area contributed by atoms with Gasteiger partial charge in [-0.2, -0.15) is 0 Å². The van der Waals surface area contributed by atoms with Crippen LogP contribution in [0.3, 0.4) is 0 Å². The van der Waals surface area contributed by atoms with Crippen molar-refractivity contribution in [2.45, 2.75) is 19.8 Å². The lowest BCUT2D eigenvalue weighted by molar-refractivity contribution is 0.0600. The quantitative estimate of drug-likeness (QED) is 0.788. The van der Waals surface area contributed by atoms with E-state index in [0.717, 1.165) is 29.8 Å². The van der Waals surface area contributed by atoms with Crippen molar-refractivity contribution in [3.63, 3.8) is 0 Å². The molecule has 98 valence electrons. The van der Waals surface area contributed by atoms with Crippen LogP contribution in [-0.2, 0) is 4.74 Å². The molecule has 1 aliphatic rings. The van der Waals surface area contributed by atoms with Crippen LogP contribution >= 0.6 is 15.9 Å². The molecule has 2 rings (SSSR count). The smallest absolute Gasteiger partial charge is 0.341 e. The first kappa shape index (κ1) is 13.3. The lowest BCUT2D eigenvalue weighted by Gasteiger charge is -2.32. The Labute approximate surface area is 115 Å². The number of hydrogen-bond acceptors (Lipinski definition) is 4. The largest absolute Gasteiger partial charge is 0.465 e. The van der Waals surface area contributed by atoms with Crippen LogP contribution in [0.15, 0.2) is 16.7 Å². The summed E-state index contributed by atoms with van der Waals surface area (Å²) >= 11 is 3.34. The first-order valence-corrected chi connectivity index (χ1v) is 6.90. The zero-order valence-electron chi connectivity index (χ0n) is 10.6. The van der Waals surface area contributed by atoms with Crippen molar-refractivity contribution in [3.8, 4) is 0 Å². The molecule has 0 saturated carbocycles. The Bertz CT molecular complexity index is 451. The van der Waals surface area contributed by atoms with Gasteiger partial charge in [-0.3, -0.25) is 0 Å². The second-order valence-corrected chi connectivity index (χ2v) is 5.63. The molecule has 1 saturated heterocycles. The van der Waals surface area contributed by atoms with E-state index in [2.05, 4.69) is 32.7 Å². The Morgan fingerprint density at radius 1 is 1.61 bits per heavy atom. The zero-order chi connectivity index (χ0) is 13.1. The van der Waals surface area contributed by atoms with Crippen LogP contribution in [0.2, 0.25) is 0 Å². The van der Waals surface area contributed by atoms with Gasteiger partial charge in [0.2, 0.25) is 0 Å². The van der Waals surface area contributed by atoms with Gasteiger partial charge in [-0.25, -0.2) is 9.78 Å². The van der Waals surface area contributed by atoms with Crippen LogP contribution < -0.4 is 4.90 Å². The molecule has 0 amide bonds. The Balaban J connectivity index is 2.34. The molecule has 0 radical (unpaired) electrons. The molecule has 1 aromatic rings. The van der Waals surface area contributed by atoms with E-state index in [-0.39, 0.29) is 5.97 Å². The summed E-state index contributed by atoms with van der Waals surface area (Å²) in [5.41, 5.74) is 0.529. The van der Waals surface area contributed by atoms with Crippen molar-refractivity contribution in [1.29, 1.82) is 0 Å². The highest BCUT2D eigenvalue weighted by Gasteiger charge is 2.23. The van der Waals surface area contributed by atoms with Crippen molar-refractivity contribution in [2.24, 2.45) is 5.92 Å². The number of rotatable bonds is 2. The molecule has 0 bridgehead atoms. The number of pyridine rings is 1. The van der Waals surface area contributed by atoms with Gasteiger partial charge < -0.3 is 9.64 Å². The van der Waals surface area contributed by atoms with Crippen LogP contribution in [0.5, 0.6) is 0 Å². The third kappa shape index (κ3) is 2.83. The third-order valence-corrected chi connectivity index (χ3v) is 3.63. The predicted molar refractivity (Wildman–Crippen MR) is 73.9 cm³/mol. The van der Waals surface area contributed by atoms with Crippen molar-refractivity contribution in [1.82, 2.24) is 4.98 Å². The molecule has 1 fully saturated rings. The minimum absolute atomic E-state index is 0.336. The lowest BCUT2D eigenvalue weighted by atomic mass is 10.00. The van der Waals surface area contributed by atoms with Crippen LogP contribution in [-0.4, -0.2) is 31.2 Å². The molecule has 0 aliphatic carbocycles. The van der Waals surface area contributed by atoms with E-state index < -0.39 is 0 Å². The summed E-state index contributed by atoms with van der Waals surface area (Å²) < 4.78 is 5.61. The average molecular weight is 313 g/mol. The molecule has 4 nitrogen and oxygen atoms in total. The van der Waals surface area contributed by atoms with E-state index in [4.69, 9.17) is 4.74 Å². The van der Waals surface area contributed by atoms with E-state index in [0.29, 0.717) is 11.5 Å². The summed E-state index contributed by atoms with van der Waals surface area (Å²) in [6, 6.07) is 1.77. The number of carbonyl (C=O) groups excluding carboxylic acids is 1. The van der Waals surface area contributed by atoms with E-state index in [1.165, 1.54) is 13.5 Å². The molecule has 0 aromatic carbocycles. The fourth-order valence-corrected chi connectivity index (χ4v) is 2.66. The van der Waals surface area contributed by atoms with Gasteiger partial charge in [-0.05, 0) is 40.8 Å². The van der Waals surface area contributed by atoms with Crippen LogP contribution in [0.4, 0.5) is 5.82 Å². The Hall–Kier alpha value is -1.10. The SMILES string of the molecule is COC(=O)c1cc(Br)cnc1N1CCCC(C)C1. The number of hydrogen-bond donors (Lipinski definition) is 0. The Morgan fingerprint density at radius 2 is 2.39 bits per heavy atom. The summed E-state index contributed by atoms with van der Waals surface area (Å²) in [5, 5.41) is 0. The summed E-state index contributed by atoms with van der Waals surface area (Å²) in [6.45, 7) is 4.12. The first-order valence-electron chi connectivity index (χ1n) is 6.10. The molecular formula is C13H17BrN2O2. The van der Waals surface area contributed by atoms with Gasteiger partial charge in [0, 0.05) is 23.8 Å². The number of anilines is 1. The van der Waals surface area contributed by atoms with E-state index >= 15 is 0 Å². The molecule has 1 unspecified atom stereocenters. The average Bonchev–Trinajstić information content (AvgIpc) is 2.37. The van der Waals surface area contributed by atoms with Gasteiger partial charge in [0.05, 0.1) is 7.11 Å². The number of esters is 1. The minimum Gasteiger partial charge on any atom is -0.465 e. The normalized spacial score (nSPS) is 19.7. The molecule has 0 N–H and O–H groups in total. The van der Waals surface area contributed by atoms with Gasteiger partial charge in [0.15, 0.2) is 0 Å². The zero-order valence-corrected chi connectivity index (χ0v) is 12.2. The van der Waals surface area contributed by atoms with Crippen LogP contribution in [0.25, 0.3) is 0 Å². The molecule has 2 heterocycles. The second kappa shape index (κ2) is 5.69. The maximum atomic E-state index is 11.8. The molecule has 1 aliphatic heterocycles. The van der Waals surface area contributed by atoms with Crippen molar-refractivity contribution < 1.29 is 9.53 Å². The highest BCUT2D eigenvalue weighted by Crippen LogP contribution is 2.26. The van der Waals surface area contributed by atoms with Crippen molar-refractivity contribution in [2.75, 3.05) is 25.1 Å². The highest BCUT2D eigenvalue weighted by molar-refractivity contribution is 9.10. The number of halogens is 1. The molecule has 1 aromatic heterocycles. The second-order valence-electron chi connectivity index (χ2n) is 4.71. The number of aromatic nitrogens is 1. The van der Waals surface area contributed by atoms with E-state index in [9.17, 15) is 4.79 Å². The fourth-order valence-electron chi connectivity index (χ4n) is 2.33. The van der Waals surface area contributed by atoms with Crippen molar-refractivity contribution in [3.05, 3.63) is 22.3 Å². The van der Waals surface area contributed by atoms with Crippen LogP contribution in [0, 0.1) is 5.92 Å². The lowest BCUT2D eigenvalue weighted by Crippen LogP contribution is -2.36. The molecule has 18 heavy (non-hydrogen) atoms. The Kier molecular flexibility index (Phi) is 4.22. The highest BCUT2D eigenvalue weighted by atomic mass is 79.9. The number of ether oxygens (including phenoxy) is 1. The minimum atomic E-state index is -0.336. The number of piperidine rings is 1. The monoisotopic (exact) mass is 312 g/mol. The third-order valence-electron chi connectivity index (χ3n) is 3.20. The predicted octanol–water partition coefficient (Wildman–Crippen LogP) is 2.87. The molecule has 5 heteroatoms. The first-order chi connectivity index (χ1) is 8.61. The fraction of sp³-hybridized carbons (Fsp3) is 0.538. The molecule has 1 atom stereocenters. The number of carbonyl (C=O) groups is 1. The topological polar surface area (TPSA) is 42.4 Å². The van der Waals surface area contributed by atoms with Gasteiger partial charge in [-0.1, -0.05) is 6.92 Å².